The van der Waals surface area contributed by atoms with Crippen LogP contribution in [-0.2, 0) is 19.2 Å². The van der Waals surface area contributed by atoms with Gasteiger partial charge in [-0.1, -0.05) is 19.8 Å². The minimum absolute atomic E-state index is 0.0369. The zero-order valence-electron chi connectivity index (χ0n) is 14.8. The molecular weight excluding hydrogens is 322 g/mol. The molecule has 1 aliphatic carbocycles. The number of ketones is 1. The Balaban J connectivity index is 1.63. The molecule has 2 heterocycles. The van der Waals surface area contributed by atoms with Crippen molar-refractivity contribution in [3.8, 4) is 0 Å². The lowest BCUT2D eigenvalue weighted by molar-refractivity contribution is -0.137. The van der Waals surface area contributed by atoms with E-state index in [2.05, 4.69) is 0 Å². The number of carbonyl (C=O) groups is 4. The van der Waals surface area contributed by atoms with E-state index in [9.17, 15) is 19.2 Å². The van der Waals surface area contributed by atoms with Crippen molar-refractivity contribution in [2.75, 3.05) is 13.1 Å². The van der Waals surface area contributed by atoms with E-state index < -0.39 is 11.9 Å². The number of amides is 3. The number of primary amides is 1. The monoisotopic (exact) mass is 349 g/mol. The SMILES string of the molecule is CC(CCC(=O)N1CCC2C1C(=O)CN2C(=O)C1CCCC1)C(N)=O. The largest absolute Gasteiger partial charge is 0.369 e. The van der Waals surface area contributed by atoms with Crippen molar-refractivity contribution in [1.82, 2.24) is 9.80 Å². The third kappa shape index (κ3) is 3.41. The first-order valence-electron chi connectivity index (χ1n) is 9.32. The Hall–Kier alpha value is -1.92. The van der Waals surface area contributed by atoms with Crippen LogP contribution in [0.15, 0.2) is 0 Å². The molecule has 0 aromatic heterocycles. The Morgan fingerprint density at radius 2 is 1.84 bits per heavy atom. The molecular formula is C18H27N3O4. The van der Waals surface area contributed by atoms with Gasteiger partial charge in [-0.25, -0.2) is 0 Å². The third-order valence-electron chi connectivity index (χ3n) is 6.01. The fourth-order valence-electron chi connectivity index (χ4n) is 4.42. The van der Waals surface area contributed by atoms with E-state index in [0.717, 1.165) is 25.7 Å². The molecule has 0 spiro atoms. The number of hydrogen-bond acceptors (Lipinski definition) is 4. The molecule has 7 nitrogen and oxygen atoms in total. The van der Waals surface area contributed by atoms with Gasteiger partial charge in [0.15, 0.2) is 5.78 Å². The molecule has 0 bridgehead atoms. The first-order valence-corrected chi connectivity index (χ1v) is 9.32. The highest BCUT2D eigenvalue weighted by Gasteiger charge is 2.51. The molecule has 3 fully saturated rings. The molecule has 2 N–H and O–H groups in total. The van der Waals surface area contributed by atoms with Gasteiger partial charge in [-0.05, 0) is 25.7 Å². The van der Waals surface area contributed by atoms with Gasteiger partial charge in [-0.2, -0.15) is 0 Å². The van der Waals surface area contributed by atoms with Crippen LogP contribution in [0, 0.1) is 11.8 Å². The zero-order valence-corrected chi connectivity index (χ0v) is 14.8. The maximum absolute atomic E-state index is 12.7. The van der Waals surface area contributed by atoms with Gasteiger partial charge in [0, 0.05) is 24.8 Å². The summed E-state index contributed by atoms with van der Waals surface area (Å²) in [5, 5.41) is 0. The van der Waals surface area contributed by atoms with Crippen LogP contribution in [0.2, 0.25) is 0 Å². The Labute approximate surface area is 147 Å². The van der Waals surface area contributed by atoms with Gasteiger partial charge in [0.05, 0.1) is 12.6 Å². The lowest BCUT2D eigenvalue weighted by atomic mass is 10.0. The highest BCUT2D eigenvalue weighted by Crippen LogP contribution is 2.34. The molecule has 3 amide bonds. The predicted molar refractivity (Wildman–Crippen MR) is 90.2 cm³/mol. The van der Waals surface area contributed by atoms with E-state index in [4.69, 9.17) is 5.73 Å². The van der Waals surface area contributed by atoms with Gasteiger partial charge in [0.25, 0.3) is 0 Å². The second kappa shape index (κ2) is 7.14. The number of likely N-dealkylation sites (tertiary alicyclic amines) is 2. The summed E-state index contributed by atoms with van der Waals surface area (Å²) in [7, 11) is 0. The number of nitrogens with two attached hydrogens (primary N) is 1. The maximum Gasteiger partial charge on any atom is 0.226 e. The fraction of sp³-hybridized carbons (Fsp3) is 0.778. The van der Waals surface area contributed by atoms with Crippen molar-refractivity contribution < 1.29 is 19.2 Å². The summed E-state index contributed by atoms with van der Waals surface area (Å²) < 4.78 is 0. The number of rotatable bonds is 5. The topological polar surface area (TPSA) is 101 Å². The smallest absolute Gasteiger partial charge is 0.226 e. The van der Waals surface area contributed by atoms with Crippen LogP contribution in [0.4, 0.5) is 0 Å². The minimum Gasteiger partial charge on any atom is -0.369 e. The molecule has 25 heavy (non-hydrogen) atoms. The summed E-state index contributed by atoms with van der Waals surface area (Å²) in [6, 6.07) is -0.667. The van der Waals surface area contributed by atoms with Crippen molar-refractivity contribution in [1.29, 1.82) is 0 Å². The lowest BCUT2D eigenvalue weighted by Crippen LogP contribution is -2.44. The van der Waals surface area contributed by atoms with E-state index in [0.29, 0.717) is 19.4 Å². The van der Waals surface area contributed by atoms with E-state index in [1.165, 1.54) is 0 Å². The average Bonchev–Trinajstić information content (AvgIpc) is 3.29. The van der Waals surface area contributed by atoms with Crippen LogP contribution in [0.25, 0.3) is 0 Å². The van der Waals surface area contributed by atoms with Crippen LogP contribution < -0.4 is 5.73 Å². The molecule has 2 saturated heterocycles. The third-order valence-corrected chi connectivity index (χ3v) is 6.01. The number of carbonyl (C=O) groups excluding carboxylic acids is 4. The van der Waals surface area contributed by atoms with Crippen LogP contribution >= 0.6 is 0 Å². The number of hydrogen-bond donors (Lipinski definition) is 1. The molecule has 3 atom stereocenters. The molecule has 3 aliphatic rings. The number of Topliss-reactive ketones (excluding diaryl/α,β-unsaturated/α-hetero) is 1. The van der Waals surface area contributed by atoms with Crippen molar-refractivity contribution in [2.45, 2.75) is 64.0 Å². The summed E-state index contributed by atoms with van der Waals surface area (Å²) in [5.74, 6) is -0.795. The Kier molecular flexibility index (Phi) is 5.11. The normalized spacial score (nSPS) is 27.6. The summed E-state index contributed by atoms with van der Waals surface area (Å²) in [5.41, 5.74) is 5.23. The maximum atomic E-state index is 12.7. The molecule has 1 saturated carbocycles. The van der Waals surface area contributed by atoms with Crippen molar-refractivity contribution >= 4 is 23.5 Å². The van der Waals surface area contributed by atoms with Crippen molar-refractivity contribution in [3.05, 3.63) is 0 Å². The van der Waals surface area contributed by atoms with Crippen LogP contribution in [-0.4, -0.2) is 58.5 Å². The Bertz CT molecular complexity index is 585. The standard InChI is InChI=1S/C18H27N3O4/c1-11(17(19)24)6-7-15(23)20-9-8-13-16(20)14(22)10-21(13)18(25)12-4-2-3-5-12/h11-13,16H,2-10H2,1H3,(H2,19,24). The number of nitrogens with zero attached hydrogens (tertiary/aromatic N) is 2. The lowest BCUT2D eigenvalue weighted by Gasteiger charge is -2.26. The van der Waals surface area contributed by atoms with Crippen LogP contribution in [0.3, 0.4) is 0 Å². The van der Waals surface area contributed by atoms with Gasteiger partial charge in [0.1, 0.15) is 6.04 Å². The predicted octanol–water partition coefficient (Wildman–Crippen LogP) is 0.459. The van der Waals surface area contributed by atoms with E-state index in [-0.39, 0.29) is 48.4 Å². The molecule has 0 aromatic rings. The van der Waals surface area contributed by atoms with Crippen molar-refractivity contribution in [3.63, 3.8) is 0 Å². The van der Waals surface area contributed by atoms with Gasteiger partial charge in [0.2, 0.25) is 17.7 Å². The molecule has 2 aliphatic heterocycles. The summed E-state index contributed by atoms with van der Waals surface area (Å²) in [4.78, 5) is 52.2. The highest BCUT2D eigenvalue weighted by molar-refractivity contribution is 5.98. The molecule has 3 rings (SSSR count). The zero-order chi connectivity index (χ0) is 18.1. The minimum atomic E-state index is -0.498. The summed E-state index contributed by atoms with van der Waals surface area (Å²) in [6.07, 6.45) is 5.23. The Morgan fingerprint density at radius 3 is 2.48 bits per heavy atom. The van der Waals surface area contributed by atoms with E-state index in [1.807, 2.05) is 0 Å². The quantitative estimate of drug-likeness (QED) is 0.779. The first-order chi connectivity index (χ1) is 11.9. The second-order valence-electron chi connectivity index (χ2n) is 7.64. The van der Waals surface area contributed by atoms with Gasteiger partial charge in [-0.15, -0.1) is 0 Å². The van der Waals surface area contributed by atoms with Gasteiger partial charge in [-0.3, -0.25) is 19.2 Å². The summed E-state index contributed by atoms with van der Waals surface area (Å²) >= 11 is 0. The molecule has 3 unspecified atom stereocenters. The molecule has 0 radical (unpaired) electrons. The van der Waals surface area contributed by atoms with Crippen LogP contribution in [0.1, 0.15) is 51.9 Å². The fourth-order valence-corrected chi connectivity index (χ4v) is 4.42. The van der Waals surface area contributed by atoms with Crippen molar-refractivity contribution in [2.24, 2.45) is 17.6 Å². The molecule has 0 aromatic carbocycles. The van der Waals surface area contributed by atoms with Crippen LogP contribution in [0.5, 0.6) is 0 Å². The highest BCUT2D eigenvalue weighted by atomic mass is 16.2. The van der Waals surface area contributed by atoms with E-state index in [1.54, 1.807) is 16.7 Å². The van der Waals surface area contributed by atoms with Gasteiger partial charge >= 0.3 is 0 Å². The average molecular weight is 349 g/mol. The second-order valence-corrected chi connectivity index (χ2v) is 7.64. The molecule has 7 heteroatoms. The first kappa shape index (κ1) is 17.9. The van der Waals surface area contributed by atoms with Gasteiger partial charge < -0.3 is 15.5 Å². The molecule has 138 valence electrons. The summed E-state index contributed by atoms with van der Waals surface area (Å²) in [6.45, 7) is 2.33. The number of fused-ring (bicyclic) bond motifs is 1. The van der Waals surface area contributed by atoms with E-state index >= 15 is 0 Å². The Morgan fingerprint density at radius 1 is 1.16 bits per heavy atom.